The maximum atomic E-state index is 11.9. The standard InChI is InChI=1S/C11H16N2O/c1-3-6-13(2)11(14)9-7-8-4-5-10(9)12-8/h1,8-10,12H,4-7H2,2H3. The molecule has 76 valence electrons. The summed E-state index contributed by atoms with van der Waals surface area (Å²) in [4.78, 5) is 13.6. The van der Waals surface area contributed by atoms with Crippen molar-refractivity contribution in [3.05, 3.63) is 0 Å². The van der Waals surface area contributed by atoms with Crippen molar-refractivity contribution in [3.8, 4) is 12.3 Å². The summed E-state index contributed by atoms with van der Waals surface area (Å²) in [5.74, 6) is 2.88. The highest BCUT2D eigenvalue weighted by Gasteiger charge is 2.43. The van der Waals surface area contributed by atoms with Crippen LogP contribution in [0.1, 0.15) is 19.3 Å². The summed E-state index contributed by atoms with van der Waals surface area (Å²) in [5, 5.41) is 3.46. The van der Waals surface area contributed by atoms with Crippen LogP contribution < -0.4 is 5.32 Å². The molecule has 2 saturated heterocycles. The van der Waals surface area contributed by atoms with Crippen molar-refractivity contribution in [2.45, 2.75) is 31.3 Å². The minimum Gasteiger partial charge on any atom is -0.334 e. The number of fused-ring (bicyclic) bond motifs is 2. The number of nitrogens with zero attached hydrogens (tertiary/aromatic N) is 1. The summed E-state index contributed by atoms with van der Waals surface area (Å²) in [7, 11) is 1.79. The van der Waals surface area contributed by atoms with E-state index in [0.717, 1.165) is 12.8 Å². The summed E-state index contributed by atoms with van der Waals surface area (Å²) in [6, 6.07) is 0.987. The molecule has 2 rings (SSSR count). The Morgan fingerprint density at radius 3 is 2.93 bits per heavy atom. The molecule has 3 heteroatoms. The van der Waals surface area contributed by atoms with E-state index >= 15 is 0 Å². The van der Waals surface area contributed by atoms with Crippen LogP contribution in [0.2, 0.25) is 0 Å². The molecule has 1 amide bonds. The average Bonchev–Trinajstić information content (AvgIpc) is 2.77. The molecule has 0 radical (unpaired) electrons. The van der Waals surface area contributed by atoms with Crippen molar-refractivity contribution in [1.29, 1.82) is 0 Å². The summed E-state index contributed by atoms with van der Waals surface area (Å²) in [6.45, 7) is 0.423. The van der Waals surface area contributed by atoms with Gasteiger partial charge in [0, 0.05) is 19.1 Å². The molecular formula is C11H16N2O. The van der Waals surface area contributed by atoms with Crippen molar-refractivity contribution in [2.75, 3.05) is 13.6 Å². The van der Waals surface area contributed by atoms with Crippen LogP contribution in [0.4, 0.5) is 0 Å². The van der Waals surface area contributed by atoms with Crippen molar-refractivity contribution in [1.82, 2.24) is 10.2 Å². The summed E-state index contributed by atoms with van der Waals surface area (Å²) >= 11 is 0. The normalized spacial score (nSPS) is 34.1. The lowest BCUT2D eigenvalue weighted by atomic mass is 9.88. The number of carbonyl (C=O) groups excluding carboxylic acids is 1. The maximum absolute atomic E-state index is 11.9. The molecule has 3 unspecified atom stereocenters. The smallest absolute Gasteiger partial charge is 0.227 e. The van der Waals surface area contributed by atoms with Crippen LogP contribution in [0.15, 0.2) is 0 Å². The van der Waals surface area contributed by atoms with E-state index in [1.807, 2.05) is 0 Å². The van der Waals surface area contributed by atoms with Gasteiger partial charge in [0.05, 0.1) is 12.5 Å². The Balaban J connectivity index is 1.96. The molecule has 14 heavy (non-hydrogen) atoms. The molecule has 0 spiro atoms. The van der Waals surface area contributed by atoms with Crippen molar-refractivity contribution < 1.29 is 4.79 Å². The first-order valence-corrected chi connectivity index (χ1v) is 5.17. The van der Waals surface area contributed by atoms with Gasteiger partial charge < -0.3 is 10.2 Å². The van der Waals surface area contributed by atoms with Gasteiger partial charge in [-0.1, -0.05) is 5.92 Å². The number of hydrogen-bond acceptors (Lipinski definition) is 2. The minimum atomic E-state index is 0.173. The third-order valence-electron chi connectivity index (χ3n) is 3.32. The zero-order valence-electron chi connectivity index (χ0n) is 8.49. The predicted molar refractivity (Wildman–Crippen MR) is 54.5 cm³/mol. The molecular weight excluding hydrogens is 176 g/mol. The van der Waals surface area contributed by atoms with Crippen LogP contribution in [0.5, 0.6) is 0 Å². The van der Waals surface area contributed by atoms with Gasteiger partial charge in [0.2, 0.25) is 5.91 Å². The first kappa shape index (κ1) is 9.54. The molecule has 3 atom stereocenters. The number of hydrogen-bond donors (Lipinski definition) is 1. The van der Waals surface area contributed by atoms with Gasteiger partial charge in [-0.25, -0.2) is 0 Å². The van der Waals surface area contributed by atoms with Gasteiger partial charge in [-0.2, -0.15) is 0 Å². The lowest BCUT2D eigenvalue weighted by Gasteiger charge is -2.24. The summed E-state index contributed by atoms with van der Waals surface area (Å²) < 4.78 is 0. The van der Waals surface area contributed by atoms with E-state index in [0.29, 0.717) is 18.6 Å². The Morgan fingerprint density at radius 1 is 1.64 bits per heavy atom. The molecule has 2 fully saturated rings. The van der Waals surface area contributed by atoms with E-state index in [1.165, 1.54) is 6.42 Å². The molecule has 2 bridgehead atoms. The Labute approximate surface area is 84.8 Å². The quantitative estimate of drug-likeness (QED) is 0.635. The SMILES string of the molecule is C#CCN(C)C(=O)C1CC2CCC1N2. The van der Waals surface area contributed by atoms with Crippen LogP contribution in [0, 0.1) is 18.3 Å². The largest absolute Gasteiger partial charge is 0.334 e. The fraction of sp³-hybridized carbons (Fsp3) is 0.727. The molecule has 2 aliphatic rings. The van der Waals surface area contributed by atoms with Crippen LogP contribution >= 0.6 is 0 Å². The number of amides is 1. The zero-order chi connectivity index (χ0) is 10.1. The Kier molecular flexibility index (Phi) is 2.47. The Morgan fingerprint density at radius 2 is 2.43 bits per heavy atom. The van der Waals surface area contributed by atoms with Gasteiger partial charge in [0.1, 0.15) is 0 Å². The maximum Gasteiger partial charge on any atom is 0.227 e. The van der Waals surface area contributed by atoms with Gasteiger partial charge in [-0.3, -0.25) is 4.79 Å². The highest BCUT2D eigenvalue weighted by molar-refractivity contribution is 5.80. The lowest BCUT2D eigenvalue weighted by molar-refractivity contribution is -0.134. The van der Waals surface area contributed by atoms with E-state index in [4.69, 9.17) is 6.42 Å². The molecule has 0 aliphatic carbocycles. The number of terminal acetylenes is 1. The van der Waals surface area contributed by atoms with Crippen LogP contribution in [0.3, 0.4) is 0 Å². The summed E-state index contributed by atoms with van der Waals surface area (Å²) in [5.41, 5.74) is 0. The zero-order valence-corrected chi connectivity index (χ0v) is 8.49. The molecule has 0 aromatic rings. The highest BCUT2D eigenvalue weighted by Crippen LogP contribution is 2.33. The van der Waals surface area contributed by atoms with Gasteiger partial charge in [0.25, 0.3) is 0 Å². The van der Waals surface area contributed by atoms with Gasteiger partial charge in [0.15, 0.2) is 0 Å². The topological polar surface area (TPSA) is 32.3 Å². The number of rotatable bonds is 2. The molecule has 1 N–H and O–H groups in total. The molecule has 3 nitrogen and oxygen atoms in total. The molecule has 0 aromatic carbocycles. The van der Waals surface area contributed by atoms with Crippen molar-refractivity contribution >= 4 is 5.91 Å². The lowest BCUT2D eigenvalue weighted by Crippen LogP contribution is -2.38. The van der Waals surface area contributed by atoms with E-state index in [2.05, 4.69) is 11.2 Å². The second kappa shape index (κ2) is 3.62. The third kappa shape index (κ3) is 1.51. The number of nitrogens with one attached hydrogen (secondary N) is 1. The second-order valence-corrected chi connectivity index (χ2v) is 4.29. The first-order chi connectivity index (χ1) is 6.72. The Hall–Kier alpha value is -1.01. The van der Waals surface area contributed by atoms with Crippen molar-refractivity contribution in [3.63, 3.8) is 0 Å². The molecule has 2 heterocycles. The molecule has 2 aliphatic heterocycles. The first-order valence-electron chi connectivity index (χ1n) is 5.17. The van der Waals surface area contributed by atoms with Crippen LogP contribution in [-0.4, -0.2) is 36.5 Å². The fourth-order valence-electron chi connectivity index (χ4n) is 2.60. The fourth-order valence-corrected chi connectivity index (χ4v) is 2.60. The second-order valence-electron chi connectivity index (χ2n) is 4.29. The minimum absolute atomic E-state index is 0.173. The van der Waals surface area contributed by atoms with E-state index in [-0.39, 0.29) is 11.8 Å². The molecule has 0 aromatic heterocycles. The van der Waals surface area contributed by atoms with Crippen LogP contribution in [-0.2, 0) is 4.79 Å². The predicted octanol–water partition coefficient (Wildman–Crippen LogP) is 0.218. The summed E-state index contributed by atoms with van der Waals surface area (Å²) in [6.07, 6.45) is 8.55. The van der Waals surface area contributed by atoms with E-state index < -0.39 is 0 Å². The third-order valence-corrected chi connectivity index (χ3v) is 3.32. The van der Waals surface area contributed by atoms with Gasteiger partial charge in [-0.15, -0.1) is 6.42 Å². The van der Waals surface area contributed by atoms with Gasteiger partial charge in [-0.05, 0) is 19.3 Å². The Bertz CT molecular complexity index is 282. The average molecular weight is 192 g/mol. The highest BCUT2D eigenvalue weighted by atomic mass is 16.2. The van der Waals surface area contributed by atoms with Crippen molar-refractivity contribution in [2.24, 2.45) is 5.92 Å². The van der Waals surface area contributed by atoms with Gasteiger partial charge >= 0.3 is 0 Å². The van der Waals surface area contributed by atoms with Crippen LogP contribution in [0.25, 0.3) is 0 Å². The van der Waals surface area contributed by atoms with E-state index in [9.17, 15) is 4.79 Å². The number of carbonyl (C=O) groups is 1. The van der Waals surface area contributed by atoms with E-state index in [1.54, 1.807) is 11.9 Å². The monoisotopic (exact) mass is 192 g/mol. The molecule has 0 saturated carbocycles.